The number of amides is 1. The van der Waals surface area contributed by atoms with Gasteiger partial charge in [0, 0.05) is 26.7 Å². The third kappa shape index (κ3) is 7.54. The van der Waals surface area contributed by atoms with Crippen molar-refractivity contribution in [2.75, 3.05) is 53.0 Å². The molecule has 0 aromatic rings. The fourth-order valence-corrected chi connectivity index (χ4v) is 3.08. The maximum absolute atomic E-state index is 12.1. The van der Waals surface area contributed by atoms with E-state index in [1.165, 1.54) is 25.9 Å². The lowest BCUT2D eigenvalue weighted by Crippen LogP contribution is -2.50. The zero-order valence-electron chi connectivity index (χ0n) is 13.9. The molecule has 0 spiro atoms. The van der Waals surface area contributed by atoms with E-state index >= 15 is 0 Å². The zero-order chi connectivity index (χ0) is 15.1. The maximum atomic E-state index is 12.1. The Hall–Kier alpha value is -0.110. The molecule has 0 aliphatic carbocycles. The van der Waals surface area contributed by atoms with E-state index in [1.54, 1.807) is 7.11 Å². The van der Waals surface area contributed by atoms with E-state index in [-0.39, 0.29) is 43.4 Å². The number of rotatable bonds is 7. The van der Waals surface area contributed by atoms with Crippen molar-refractivity contribution in [3.8, 4) is 0 Å². The molecule has 23 heavy (non-hydrogen) atoms. The summed E-state index contributed by atoms with van der Waals surface area (Å²) < 4.78 is 10.9. The summed E-state index contributed by atoms with van der Waals surface area (Å²) in [7, 11) is 1.56. The Morgan fingerprint density at radius 1 is 1.17 bits per heavy atom. The van der Waals surface area contributed by atoms with Crippen LogP contribution in [0.2, 0.25) is 0 Å². The summed E-state index contributed by atoms with van der Waals surface area (Å²) in [5, 5.41) is 0. The van der Waals surface area contributed by atoms with Crippen molar-refractivity contribution in [1.29, 1.82) is 0 Å². The molecule has 138 valence electrons. The first-order valence-electron chi connectivity index (χ1n) is 8.08. The molecule has 2 heterocycles. The predicted molar refractivity (Wildman–Crippen MR) is 95.6 cm³/mol. The van der Waals surface area contributed by atoms with Gasteiger partial charge in [0.25, 0.3) is 0 Å². The molecule has 2 saturated heterocycles. The number of nitrogens with zero attached hydrogens (tertiary/aromatic N) is 2. The average molecular weight is 372 g/mol. The van der Waals surface area contributed by atoms with Crippen molar-refractivity contribution in [1.82, 2.24) is 9.80 Å². The molecule has 1 unspecified atom stereocenters. The molecule has 0 radical (unpaired) electrons. The first-order valence-corrected chi connectivity index (χ1v) is 8.08. The van der Waals surface area contributed by atoms with Crippen molar-refractivity contribution >= 4 is 30.7 Å². The second kappa shape index (κ2) is 12.3. The lowest BCUT2D eigenvalue weighted by Gasteiger charge is -2.33. The maximum Gasteiger partial charge on any atom is 0.241 e. The van der Waals surface area contributed by atoms with Gasteiger partial charge in [-0.05, 0) is 38.8 Å². The van der Waals surface area contributed by atoms with E-state index in [0.29, 0.717) is 0 Å². The van der Waals surface area contributed by atoms with Gasteiger partial charge in [0.05, 0.1) is 19.3 Å². The Kier molecular flexibility index (Phi) is 12.2. The molecule has 0 aromatic carbocycles. The minimum absolute atomic E-state index is 0. The molecular formula is C15H31Cl2N3O3. The highest BCUT2D eigenvalue weighted by atomic mass is 35.5. The minimum Gasteiger partial charge on any atom is -0.383 e. The molecule has 0 aromatic heterocycles. The van der Waals surface area contributed by atoms with Crippen LogP contribution < -0.4 is 5.73 Å². The third-order valence-corrected chi connectivity index (χ3v) is 4.38. The summed E-state index contributed by atoms with van der Waals surface area (Å²) in [5.74, 6) is -0.00707. The van der Waals surface area contributed by atoms with Crippen LogP contribution in [-0.4, -0.2) is 80.9 Å². The summed E-state index contributed by atoms with van der Waals surface area (Å²) >= 11 is 0. The fourth-order valence-electron chi connectivity index (χ4n) is 3.08. The number of ether oxygens (including phenoxy) is 2. The van der Waals surface area contributed by atoms with Crippen LogP contribution in [0.15, 0.2) is 0 Å². The van der Waals surface area contributed by atoms with E-state index in [1.807, 2.05) is 4.90 Å². The van der Waals surface area contributed by atoms with Gasteiger partial charge >= 0.3 is 0 Å². The molecule has 1 atom stereocenters. The summed E-state index contributed by atoms with van der Waals surface area (Å²) in [6.45, 7) is 6.04. The SMILES string of the molecule is COCC(N)C(=O)N1CCC(OCCN2CCCC2)CC1.Cl.Cl. The van der Waals surface area contributed by atoms with Crippen LogP contribution in [0.4, 0.5) is 0 Å². The van der Waals surface area contributed by atoms with Gasteiger partial charge in [0.2, 0.25) is 5.91 Å². The number of piperidine rings is 1. The summed E-state index contributed by atoms with van der Waals surface area (Å²) in [6.07, 6.45) is 4.75. The molecule has 2 N–H and O–H groups in total. The first kappa shape index (κ1) is 22.9. The summed E-state index contributed by atoms with van der Waals surface area (Å²) in [6, 6.07) is -0.539. The smallest absolute Gasteiger partial charge is 0.241 e. The van der Waals surface area contributed by atoms with E-state index in [0.717, 1.165) is 39.1 Å². The average Bonchev–Trinajstić information content (AvgIpc) is 3.01. The topological polar surface area (TPSA) is 68.0 Å². The van der Waals surface area contributed by atoms with Gasteiger partial charge in [-0.2, -0.15) is 0 Å². The quantitative estimate of drug-likeness (QED) is 0.720. The van der Waals surface area contributed by atoms with Crippen LogP contribution in [0.5, 0.6) is 0 Å². The molecule has 2 aliphatic heterocycles. The lowest BCUT2D eigenvalue weighted by atomic mass is 10.1. The van der Waals surface area contributed by atoms with Crippen LogP contribution in [0, 0.1) is 0 Å². The number of carbonyl (C=O) groups excluding carboxylic acids is 1. The second-order valence-electron chi connectivity index (χ2n) is 6.01. The van der Waals surface area contributed by atoms with E-state index in [9.17, 15) is 4.79 Å². The summed E-state index contributed by atoms with van der Waals surface area (Å²) in [4.78, 5) is 16.4. The fraction of sp³-hybridized carbons (Fsp3) is 0.933. The number of carbonyl (C=O) groups is 1. The van der Waals surface area contributed by atoms with Crippen molar-refractivity contribution < 1.29 is 14.3 Å². The summed E-state index contributed by atoms with van der Waals surface area (Å²) in [5.41, 5.74) is 5.79. The second-order valence-corrected chi connectivity index (χ2v) is 6.01. The molecule has 2 rings (SSSR count). The Bertz CT molecular complexity index is 323. The Morgan fingerprint density at radius 3 is 2.35 bits per heavy atom. The van der Waals surface area contributed by atoms with E-state index in [2.05, 4.69) is 4.90 Å². The molecule has 8 heteroatoms. The normalized spacial score (nSPS) is 20.7. The molecule has 1 amide bonds. The Morgan fingerprint density at radius 2 is 1.78 bits per heavy atom. The van der Waals surface area contributed by atoms with Gasteiger partial charge in [-0.3, -0.25) is 4.79 Å². The van der Waals surface area contributed by atoms with E-state index in [4.69, 9.17) is 15.2 Å². The highest BCUT2D eigenvalue weighted by Crippen LogP contribution is 2.15. The van der Waals surface area contributed by atoms with Gasteiger partial charge in [-0.1, -0.05) is 0 Å². The van der Waals surface area contributed by atoms with Gasteiger partial charge in [0.15, 0.2) is 0 Å². The number of likely N-dealkylation sites (tertiary alicyclic amines) is 2. The number of halogens is 2. The van der Waals surface area contributed by atoms with Gasteiger partial charge in [0.1, 0.15) is 6.04 Å². The Labute approximate surface area is 151 Å². The van der Waals surface area contributed by atoms with Crippen LogP contribution in [0.3, 0.4) is 0 Å². The van der Waals surface area contributed by atoms with E-state index < -0.39 is 6.04 Å². The number of methoxy groups -OCH3 is 1. The predicted octanol–water partition coefficient (Wildman–Crippen LogP) is 0.907. The van der Waals surface area contributed by atoms with Gasteiger partial charge in [-0.15, -0.1) is 24.8 Å². The molecule has 0 saturated carbocycles. The zero-order valence-corrected chi connectivity index (χ0v) is 15.6. The van der Waals surface area contributed by atoms with Crippen molar-refractivity contribution in [3.05, 3.63) is 0 Å². The van der Waals surface area contributed by atoms with Crippen molar-refractivity contribution in [3.63, 3.8) is 0 Å². The molecule has 2 aliphatic rings. The molecule has 2 fully saturated rings. The van der Waals surface area contributed by atoms with Crippen LogP contribution in [0.25, 0.3) is 0 Å². The minimum atomic E-state index is -0.539. The molecule has 6 nitrogen and oxygen atoms in total. The molecular weight excluding hydrogens is 341 g/mol. The first-order chi connectivity index (χ1) is 10.2. The third-order valence-electron chi connectivity index (χ3n) is 4.38. The Balaban J connectivity index is 0.00000242. The van der Waals surface area contributed by atoms with Crippen LogP contribution in [0.1, 0.15) is 25.7 Å². The number of nitrogens with two attached hydrogens (primary N) is 1. The lowest BCUT2D eigenvalue weighted by molar-refractivity contribution is -0.136. The van der Waals surface area contributed by atoms with Crippen molar-refractivity contribution in [2.24, 2.45) is 5.73 Å². The van der Waals surface area contributed by atoms with Crippen molar-refractivity contribution in [2.45, 2.75) is 37.8 Å². The van der Waals surface area contributed by atoms with Gasteiger partial charge in [-0.25, -0.2) is 0 Å². The molecule has 0 bridgehead atoms. The van der Waals surface area contributed by atoms with Crippen LogP contribution >= 0.6 is 24.8 Å². The highest BCUT2D eigenvalue weighted by molar-refractivity contribution is 5.85. The number of hydrogen-bond donors (Lipinski definition) is 1. The standard InChI is InChI=1S/C15H29N3O3.2ClH/c1-20-12-14(16)15(19)18-8-4-13(5-9-18)21-11-10-17-6-2-3-7-17;;/h13-14H,2-12,16H2,1H3;2*1H. The van der Waals surface area contributed by atoms with Crippen LogP contribution in [-0.2, 0) is 14.3 Å². The van der Waals surface area contributed by atoms with Gasteiger partial charge < -0.3 is 25.0 Å². The highest BCUT2D eigenvalue weighted by Gasteiger charge is 2.26. The largest absolute Gasteiger partial charge is 0.383 e. The monoisotopic (exact) mass is 371 g/mol. The number of hydrogen-bond acceptors (Lipinski definition) is 5.